The van der Waals surface area contributed by atoms with Crippen molar-refractivity contribution >= 4 is 12.2 Å². The minimum atomic E-state index is 0.811. The zero-order valence-corrected chi connectivity index (χ0v) is 12.3. The molecule has 1 aliphatic rings. The van der Waals surface area contributed by atoms with Crippen molar-refractivity contribution in [2.45, 2.75) is 6.54 Å². The summed E-state index contributed by atoms with van der Waals surface area (Å²) in [4.78, 5) is 0. The lowest BCUT2D eigenvalue weighted by Crippen LogP contribution is -2.47. The van der Waals surface area contributed by atoms with Gasteiger partial charge in [0.1, 0.15) is 0 Å². The summed E-state index contributed by atoms with van der Waals surface area (Å²) in [5.41, 5.74) is 3.83. The van der Waals surface area contributed by atoms with Crippen LogP contribution in [0.15, 0.2) is 54.6 Å². The highest BCUT2D eigenvalue weighted by Crippen LogP contribution is 2.10. The van der Waals surface area contributed by atoms with Gasteiger partial charge in [-0.3, -0.25) is 0 Å². The van der Waals surface area contributed by atoms with E-state index >= 15 is 0 Å². The molecule has 21 heavy (non-hydrogen) atoms. The van der Waals surface area contributed by atoms with E-state index in [4.69, 9.17) is 0 Å². The van der Waals surface area contributed by atoms with Crippen molar-refractivity contribution in [2.24, 2.45) is 5.92 Å². The maximum Gasteiger partial charge on any atom is 0.0205 e. The minimum absolute atomic E-state index is 0.811. The fourth-order valence-electron chi connectivity index (χ4n) is 2.48. The predicted octanol–water partition coefficient (Wildman–Crippen LogP) is 3.17. The second-order valence-electron chi connectivity index (χ2n) is 5.64. The van der Waals surface area contributed by atoms with E-state index in [2.05, 4.69) is 71.3 Å². The maximum atomic E-state index is 3.54. The molecule has 1 fully saturated rings. The predicted molar refractivity (Wildman–Crippen MR) is 89.9 cm³/mol. The first-order valence-corrected chi connectivity index (χ1v) is 7.64. The molecule has 1 heterocycles. The van der Waals surface area contributed by atoms with Crippen LogP contribution in [0.1, 0.15) is 16.7 Å². The molecule has 0 amide bonds. The molecular weight excluding hydrogens is 256 g/mol. The van der Waals surface area contributed by atoms with E-state index in [-0.39, 0.29) is 0 Å². The molecule has 0 radical (unpaired) electrons. The highest BCUT2D eigenvalue weighted by molar-refractivity contribution is 5.69. The van der Waals surface area contributed by atoms with Gasteiger partial charge in [-0.05, 0) is 22.6 Å². The molecule has 1 aliphatic heterocycles. The first kappa shape index (κ1) is 14.1. The standard InChI is InChI=1S/C19H22N2/c1-2-5-16(6-3-1)9-10-17-7-4-8-18(11-17)12-20-13-19-14-21-15-19/h1-11,19-21H,12-15H2/b10-9-. The average Bonchev–Trinajstić information content (AvgIpc) is 2.49. The van der Waals surface area contributed by atoms with Crippen LogP contribution in [0.5, 0.6) is 0 Å². The van der Waals surface area contributed by atoms with Crippen LogP contribution in [-0.4, -0.2) is 19.6 Å². The monoisotopic (exact) mass is 278 g/mol. The topological polar surface area (TPSA) is 24.1 Å². The van der Waals surface area contributed by atoms with Crippen LogP contribution in [0.25, 0.3) is 12.2 Å². The van der Waals surface area contributed by atoms with Crippen molar-refractivity contribution in [1.82, 2.24) is 10.6 Å². The molecule has 2 aromatic carbocycles. The molecule has 2 aromatic rings. The second kappa shape index (κ2) is 7.21. The number of benzene rings is 2. The molecular formula is C19H22N2. The molecule has 0 aromatic heterocycles. The normalized spacial score (nSPS) is 15.2. The molecule has 0 spiro atoms. The molecule has 2 N–H and O–H groups in total. The molecule has 0 saturated carbocycles. The third-order valence-corrected chi connectivity index (χ3v) is 3.85. The zero-order valence-electron chi connectivity index (χ0n) is 12.3. The smallest absolute Gasteiger partial charge is 0.0205 e. The quantitative estimate of drug-likeness (QED) is 0.793. The van der Waals surface area contributed by atoms with Crippen molar-refractivity contribution in [3.63, 3.8) is 0 Å². The van der Waals surface area contributed by atoms with Crippen LogP contribution in [0.4, 0.5) is 0 Å². The first-order valence-electron chi connectivity index (χ1n) is 7.64. The van der Waals surface area contributed by atoms with Gasteiger partial charge in [0.15, 0.2) is 0 Å². The SMILES string of the molecule is C(=C/c1cccc(CNCC2CNC2)c1)/c1ccccc1. The molecule has 0 bridgehead atoms. The van der Waals surface area contributed by atoms with E-state index in [0.717, 1.165) is 32.1 Å². The van der Waals surface area contributed by atoms with E-state index in [9.17, 15) is 0 Å². The number of rotatable bonds is 6. The summed E-state index contributed by atoms with van der Waals surface area (Å²) in [5, 5.41) is 6.84. The summed E-state index contributed by atoms with van der Waals surface area (Å²) in [6.45, 7) is 4.38. The molecule has 2 nitrogen and oxygen atoms in total. The van der Waals surface area contributed by atoms with Gasteiger partial charge in [-0.15, -0.1) is 0 Å². The largest absolute Gasteiger partial charge is 0.316 e. The lowest BCUT2D eigenvalue weighted by molar-refractivity contribution is 0.331. The Balaban J connectivity index is 1.56. The Morgan fingerprint density at radius 3 is 2.48 bits per heavy atom. The van der Waals surface area contributed by atoms with Gasteiger partial charge < -0.3 is 10.6 Å². The Hall–Kier alpha value is -1.90. The van der Waals surface area contributed by atoms with Gasteiger partial charge in [0.25, 0.3) is 0 Å². The molecule has 0 unspecified atom stereocenters. The molecule has 1 saturated heterocycles. The molecule has 3 rings (SSSR count). The van der Waals surface area contributed by atoms with Crippen LogP contribution in [-0.2, 0) is 6.54 Å². The van der Waals surface area contributed by atoms with Gasteiger partial charge in [-0.25, -0.2) is 0 Å². The van der Waals surface area contributed by atoms with Crippen LogP contribution in [0.2, 0.25) is 0 Å². The van der Waals surface area contributed by atoms with Crippen LogP contribution >= 0.6 is 0 Å². The van der Waals surface area contributed by atoms with Gasteiger partial charge >= 0.3 is 0 Å². The first-order chi connectivity index (χ1) is 10.4. The van der Waals surface area contributed by atoms with Gasteiger partial charge in [0.05, 0.1) is 0 Å². The van der Waals surface area contributed by atoms with E-state index in [0.29, 0.717) is 0 Å². The van der Waals surface area contributed by atoms with Crippen LogP contribution in [0, 0.1) is 5.92 Å². The zero-order chi connectivity index (χ0) is 14.3. The van der Waals surface area contributed by atoms with Crippen LogP contribution in [0.3, 0.4) is 0 Å². The number of nitrogens with one attached hydrogen (secondary N) is 2. The third-order valence-electron chi connectivity index (χ3n) is 3.85. The van der Waals surface area contributed by atoms with E-state index in [1.54, 1.807) is 0 Å². The molecule has 2 heteroatoms. The van der Waals surface area contributed by atoms with Gasteiger partial charge in [0, 0.05) is 26.2 Å². The summed E-state index contributed by atoms with van der Waals surface area (Å²) in [6.07, 6.45) is 4.33. The highest BCUT2D eigenvalue weighted by Gasteiger charge is 2.15. The summed E-state index contributed by atoms with van der Waals surface area (Å²) < 4.78 is 0. The lowest BCUT2D eigenvalue weighted by Gasteiger charge is -2.27. The summed E-state index contributed by atoms with van der Waals surface area (Å²) >= 11 is 0. The van der Waals surface area contributed by atoms with E-state index < -0.39 is 0 Å². The number of hydrogen-bond acceptors (Lipinski definition) is 2. The Labute approximate surface area is 126 Å². The summed E-state index contributed by atoms with van der Waals surface area (Å²) in [5.74, 6) is 0.811. The van der Waals surface area contributed by atoms with Crippen molar-refractivity contribution < 1.29 is 0 Å². The van der Waals surface area contributed by atoms with Crippen molar-refractivity contribution in [2.75, 3.05) is 19.6 Å². The molecule has 108 valence electrons. The van der Waals surface area contributed by atoms with Crippen molar-refractivity contribution in [1.29, 1.82) is 0 Å². The second-order valence-corrected chi connectivity index (χ2v) is 5.64. The fraction of sp³-hybridized carbons (Fsp3) is 0.263. The van der Waals surface area contributed by atoms with Gasteiger partial charge in [0.2, 0.25) is 0 Å². The number of hydrogen-bond donors (Lipinski definition) is 2. The molecule has 0 atom stereocenters. The Morgan fingerprint density at radius 1 is 0.952 bits per heavy atom. The highest BCUT2D eigenvalue weighted by atomic mass is 15.0. The molecule has 0 aliphatic carbocycles. The van der Waals surface area contributed by atoms with Crippen LogP contribution < -0.4 is 10.6 Å². The third kappa shape index (κ3) is 4.28. The van der Waals surface area contributed by atoms with E-state index in [1.165, 1.54) is 16.7 Å². The fourth-order valence-corrected chi connectivity index (χ4v) is 2.48. The maximum absolute atomic E-state index is 3.54. The Morgan fingerprint density at radius 2 is 1.71 bits per heavy atom. The minimum Gasteiger partial charge on any atom is -0.316 e. The Kier molecular flexibility index (Phi) is 4.82. The van der Waals surface area contributed by atoms with E-state index in [1.807, 2.05) is 6.07 Å². The van der Waals surface area contributed by atoms with Gasteiger partial charge in [-0.1, -0.05) is 66.7 Å². The average molecular weight is 278 g/mol. The van der Waals surface area contributed by atoms with Crippen molar-refractivity contribution in [3.05, 3.63) is 71.3 Å². The Bertz CT molecular complexity index is 586. The lowest BCUT2D eigenvalue weighted by atomic mass is 10.0. The van der Waals surface area contributed by atoms with Gasteiger partial charge in [-0.2, -0.15) is 0 Å². The summed E-state index contributed by atoms with van der Waals surface area (Å²) in [6, 6.07) is 19.1. The summed E-state index contributed by atoms with van der Waals surface area (Å²) in [7, 11) is 0. The van der Waals surface area contributed by atoms with Crippen molar-refractivity contribution in [3.8, 4) is 0 Å².